The van der Waals surface area contributed by atoms with E-state index in [1.165, 1.54) is 6.08 Å². The first-order valence-electron chi connectivity index (χ1n) is 14.4. The lowest BCUT2D eigenvalue weighted by Gasteiger charge is -2.41. The Morgan fingerprint density at radius 2 is 1.88 bits per heavy atom. The number of morpholine rings is 1. The van der Waals surface area contributed by atoms with Gasteiger partial charge in [-0.2, -0.15) is 0 Å². The van der Waals surface area contributed by atoms with Crippen molar-refractivity contribution in [3.05, 3.63) is 60.2 Å². The van der Waals surface area contributed by atoms with Crippen LogP contribution >= 0.6 is 0 Å². The Morgan fingerprint density at radius 1 is 1.14 bits per heavy atom. The van der Waals surface area contributed by atoms with E-state index in [-0.39, 0.29) is 11.7 Å². The number of aliphatic imine (C=N–C) groups is 2. The number of benzene rings is 2. The molecule has 2 fully saturated rings. The second-order valence-corrected chi connectivity index (χ2v) is 10.3. The second-order valence-electron chi connectivity index (χ2n) is 10.3. The maximum absolute atomic E-state index is 12.4. The van der Waals surface area contributed by atoms with E-state index >= 15 is 0 Å². The molecule has 2 aliphatic heterocycles. The molecule has 0 saturated carbocycles. The Hall–Kier alpha value is -4.39. The molecule has 230 valence electrons. The smallest absolute Gasteiger partial charge is 0.247 e. The third-order valence-electron chi connectivity index (χ3n) is 7.71. The number of anilines is 3. The highest BCUT2D eigenvalue weighted by atomic mass is 16.5. The minimum absolute atomic E-state index is 0.191. The Bertz CT molecular complexity index is 1370. The van der Waals surface area contributed by atoms with Gasteiger partial charge in [0.2, 0.25) is 5.91 Å². The van der Waals surface area contributed by atoms with Crippen molar-refractivity contribution in [2.45, 2.75) is 18.9 Å². The fourth-order valence-electron chi connectivity index (χ4n) is 5.49. The molecule has 7 N–H and O–H groups in total. The highest BCUT2D eigenvalue weighted by Crippen LogP contribution is 2.40. The van der Waals surface area contributed by atoms with E-state index in [0.717, 1.165) is 74.7 Å². The van der Waals surface area contributed by atoms with Crippen LogP contribution in [0.2, 0.25) is 0 Å². The molecule has 0 unspecified atom stereocenters. The number of hydrogen-bond acceptors (Lipinski definition) is 10. The predicted octanol–water partition coefficient (Wildman–Crippen LogP) is 2.70. The molecule has 0 aliphatic carbocycles. The van der Waals surface area contributed by atoms with Gasteiger partial charge in [0.05, 0.1) is 37.4 Å². The molecule has 1 amide bonds. The third kappa shape index (κ3) is 7.92. The SMILES string of the molecule is C=CC(=O)Nc1cc(N=C(N)/C=C(\NN)c2ccc(C=NC)c(NC)c2)c(OC)cc1N1CCC(N2CCOCC2)CC1. The summed E-state index contributed by atoms with van der Waals surface area (Å²) in [7, 11) is 5.15. The van der Waals surface area contributed by atoms with Gasteiger partial charge < -0.3 is 36.2 Å². The maximum atomic E-state index is 12.4. The number of nitrogens with two attached hydrogens (primary N) is 2. The normalized spacial score (nSPS) is 17.2. The third-order valence-corrected chi connectivity index (χ3v) is 7.71. The molecule has 0 bridgehead atoms. The van der Waals surface area contributed by atoms with Gasteiger partial charge in [0.25, 0.3) is 0 Å². The van der Waals surface area contributed by atoms with Crippen molar-refractivity contribution in [1.82, 2.24) is 10.3 Å². The van der Waals surface area contributed by atoms with Crippen molar-refractivity contribution < 1.29 is 14.3 Å². The van der Waals surface area contributed by atoms with Crippen LogP contribution in [0.1, 0.15) is 24.0 Å². The molecule has 0 radical (unpaired) electrons. The van der Waals surface area contributed by atoms with E-state index < -0.39 is 0 Å². The Balaban J connectivity index is 1.63. The predicted molar refractivity (Wildman–Crippen MR) is 176 cm³/mol. The van der Waals surface area contributed by atoms with Crippen LogP contribution in [0.15, 0.2) is 59.0 Å². The summed E-state index contributed by atoms with van der Waals surface area (Å²) in [4.78, 5) is 25.9. The zero-order chi connectivity index (χ0) is 30.8. The number of ether oxygens (including phenoxy) is 2. The number of hydrogen-bond donors (Lipinski definition) is 5. The Morgan fingerprint density at radius 3 is 2.51 bits per heavy atom. The van der Waals surface area contributed by atoms with Crippen LogP contribution in [-0.4, -0.2) is 89.5 Å². The lowest BCUT2D eigenvalue weighted by atomic mass is 10.0. The van der Waals surface area contributed by atoms with E-state index in [0.29, 0.717) is 28.9 Å². The minimum atomic E-state index is -0.316. The molecule has 2 aromatic rings. The van der Waals surface area contributed by atoms with Gasteiger partial charge in [-0.15, -0.1) is 0 Å². The van der Waals surface area contributed by atoms with E-state index in [9.17, 15) is 4.79 Å². The molecule has 2 aliphatic rings. The van der Waals surface area contributed by atoms with Crippen molar-refractivity contribution >= 4 is 46.4 Å². The number of amides is 1. The van der Waals surface area contributed by atoms with Crippen LogP contribution < -0.4 is 37.3 Å². The monoisotopic (exact) mass is 589 g/mol. The van der Waals surface area contributed by atoms with Gasteiger partial charge in [-0.05, 0) is 31.1 Å². The number of nitrogens with zero attached hydrogens (tertiary/aromatic N) is 4. The summed E-state index contributed by atoms with van der Waals surface area (Å²) in [6.45, 7) is 8.82. The number of methoxy groups -OCH3 is 1. The Labute approximate surface area is 253 Å². The summed E-state index contributed by atoms with van der Waals surface area (Å²) >= 11 is 0. The van der Waals surface area contributed by atoms with Gasteiger partial charge in [-0.3, -0.25) is 20.5 Å². The number of hydrazine groups is 1. The summed E-state index contributed by atoms with van der Waals surface area (Å²) < 4.78 is 11.3. The summed E-state index contributed by atoms with van der Waals surface area (Å²) in [6, 6.07) is 9.99. The fraction of sp³-hybridized carbons (Fsp3) is 0.387. The number of rotatable bonds is 11. The van der Waals surface area contributed by atoms with E-state index in [2.05, 4.69) is 42.4 Å². The first-order valence-corrected chi connectivity index (χ1v) is 14.4. The molecule has 2 saturated heterocycles. The average molecular weight is 590 g/mol. The first kappa shape index (κ1) is 31.5. The molecular weight excluding hydrogens is 546 g/mol. The van der Waals surface area contributed by atoms with Crippen molar-refractivity contribution in [2.24, 2.45) is 21.6 Å². The summed E-state index contributed by atoms with van der Waals surface area (Å²) in [5.74, 6) is 6.28. The molecule has 2 heterocycles. The number of nitrogens with one attached hydrogen (secondary N) is 3. The fourth-order valence-corrected chi connectivity index (χ4v) is 5.49. The molecule has 12 heteroatoms. The summed E-state index contributed by atoms with van der Waals surface area (Å²) in [5.41, 5.74) is 14.2. The topological polar surface area (TPSA) is 155 Å². The quantitative estimate of drug-likeness (QED) is 0.0875. The van der Waals surface area contributed by atoms with Crippen LogP contribution in [0.5, 0.6) is 5.75 Å². The standard InChI is InChI=1S/C31H43N9O3/c1-5-31(41)37-26-17-27(36-30(32)18-25(38-33)21-6-7-22(20-34-2)24(16-21)35-3)29(42-4)19-28(26)40-10-8-23(9-11-40)39-12-14-43-15-13-39/h5-7,16-20,23,35,38H,1,8-15,33H2,2-4H3,(H2,32,36)(H,37,41)/b25-18-,34-20?. The molecule has 2 aromatic carbocycles. The number of amidine groups is 1. The summed E-state index contributed by atoms with van der Waals surface area (Å²) in [5, 5.41) is 6.11. The van der Waals surface area contributed by atoms with Crippen molar-refractivity contribution in [3.63, 3.8) is 0 Å². The lowest BCUT2D eigenvalue weighted by molar-refractivity contribution is -0.111. The van der Waals surface area contributed by atoms with Crippen LogP contribution in [0.25, 0.3) is 5.70 Å². The van der Waals surface area contributed by atoms with Crippen LogP contribution in [0.3, 0.4) is 0 Å². The minimum Gasteiger partial charge on any atom is -0.494 e. The Kier molecular flexibility index (Phi) is 11.1. The van der Waals surface area contributed by atoms with E-state index in [1.54, 1.807) is 32.5 Å². The van der Waals surface area contributed by atoms with Gasteiger partial charge in [-0.1, -0.05) is 18.7 Å². The highest BCUT2D eigenvalue weighted by Gasteiger charge is 2.27. The van der Waals surface area contributed by atoms with Crippen molar-refractivity contribution in [3.8, 4) is 5.75 Å². The van der Waals surface area contributed by atoms with Gasteiger partial charge in [0.15, 0.2) is 0 Å². The van der Waals surface area contributed by atoms with Crippen molar-refractivity contribution in [2.75, 3.05) is 76.1 Å². The van der Waals surface area contributed by atoms with Gasteiger partial charge in [0.1, 0.15) is 17.3 Å². The first-order chi connectivity index (χ1) is 20.9. The molecule has 0 aromatic heterocycles. The van der Waals surface area contributed by atoms with Gasteiger partial charge in [-0.25, -0.2) is 4.99 Å². The summed E-state index contributed by atoms with van der Waals surface area (Å²) in [6.07, 6.45) is 6.70. The zero-order valence-electron chi connectivity index (χ0n) is 25.2. The van der Waals surface area contributed by atoms with Gasteiger partial charge >= 0.3 is 0 Å². The van der Waals surface area contributed by atoms with Crippen LogP contribution in [0.4, 0.5) is 22.7 Å². The molecular formula is C31H43N9O3. The molecule has 0 atom stereocenters. The van der Waals surface area contributed by atoms with E-state index in [4.69, 9.17) is 21.1 Å². The zero-order valence-corrected chi connectivity index (χ0v) is 25.2. The van der Waals surface area contributed by atoms with Crippen LogP contribution in [-0.2, 0) is 9.53 Å². The van der Waals surface area contributed by atoms with Gasteiger partial charge in [0, 0.05) is 81.5 Å². The number of carbonyl (C=O) groups excluding carboxylic acids is 1. The van der Waals surface area contributed by atoms with E-state index in [1.807, 2.05) is 31.3 Å². The molecule has 4 rings (SSSR count). The molecule has 0 spiro atoms. The number of piperidine rings is 1. The molecule has 12 nitrogen and oxygen atoms in total. The highest BCUT2D eigenvalue weighted by molar-refractivity contribution is 6.03. The average Bonchev–Trinajstić information content (AvgIpc) is 3.04. The van der Waals surface area contributed by atoms with Crippen molar-refractivity contribution in [1.29, 1.82) is 0 Å². The lowest BCUT2D eigenvalue weighted by Crippen LogP contribution is -2.49. The molecule has 43 heavy (non-hydrogen) atoms. The maximum Gasteiger partial charge on any atom is 0.247 e. The largest absolute Gasteiger partial charge is 0.494 e. The van der Waals surface area contributed by atoms with Crippen LogP contribution in [0, 0.1) is 0 Å². The second kappa shape index (κ2) is 15.2. The number of carbonyl (C=O) groups is 1.